The van der Waals surface area contributed by atoms with Crippen molar-refractivity contribution in [2.24, 2.45) is 7.05 Å². The Morgan fingerprint density at radius 1 is 1.05 bits per heavy atom. The summed E-state index contributed by atoms with van der Waals surface area (Å²) in [5, 5.41) is 11.5. The van der Waals surface area contributed by atoms with E-state index in [1.807, 2.05) is 72.4 Å². The van der Waals surface area contributed by atoms with Crippen molar-refractivity contribution >= 4 is 29.0 Å². The van der Waals surface area contributed by atoms with Crippen LogP contribution in [0.4, 0.5) is 17.2 Å². The summed E-state index contributed by atoms with van der Waals surface area (Å²) in [5.41, 5.74) is 5.49. The standard InChI is InChI=1S/C33H43N7O2/c1-24-21-26(33(42)40-23-27-22-35-37(2)32(27)36-29-7-3-4-8-30(29)40)10-9-25(24)11-12-31(41)39-18-13-28(14-19-39)34-15-20-38-16-5-6-17-38/h3-4,7-10,21-22,28,34,36H,5-6,11-20,23H2,1-2H3. The molecule has 0 unspecified atom stereocenters. The maximum Gasteiger partial charge on any atom is 0.258 e. The first-order chi connectivity index (χ1) is 20.5. The second kappa shape index (κ2) is 12.7. The number of carbonyl (C=O) groups is 2. The van der Waals surface area contributed by atoms with Crippen molar-refractivity contribution in [3.63, 3.8) is 0 Å². The van der Waals surface area contributed by atoms with Crippen LogP contribution < -0.4 is 15.5 Å². The molecule has 3 aliphatic rings. The second-order valence-corrected chi connectivity index (χ2v) is 12.0. The summed E-state index contributed by atoms with van der Waals surface area (Å²) in [6.45, 7) is 8.79. The zero-order valence-electron chi connectivity index (χ0n) is 24.9. The minimum Gasteiger partial charge on any atom is -0.343 e. The van der Waals surface area contributed by atoms with Gasteiger partial charge in [0.15, 0.2) is 0 Å². The van der Waals surface area contributed by atoms with E-state index in [0.29, 0.717) is 31.0 Å². The molecule has 4 heterocycles. The number of anilines is 3. The van der Waals surface area contributed by atoms with Gasteiger partial charge in [0.25, 0.3) is 5.91 Å². The number of carbonyl (C=O) groups excluding carboxylic acids is 2. The molecule has 3 aromatic rings. The van der Waals surface area contributed by atoms with Gasteiger partial charge in [-0.2, -0.15) is 5.10 Å². The van der Waals surface area contributed by atoms with Gasteiger partial charge < -0.3 is 25.3 Å². The number of rotatable bonds is 8. The van der Waals surface area contributed by atoms with Gasteiger partial charge >= 0.3 is 0 Å². The third-order valence-electron chi connectivity index (χ3n) is 9.14. The number of benzene rings is 2. The third kappa shape index (κ3) is 6.22. The highest BCUT2D eigenvalue weighted by Gasteiger charge is 2.27. The van der Waals surface area contributed by atoms with Gasteiger partial charge in [-0.25, -0.2) is 0 Å². The van der Waals surface area contributed by atoms with E-state index in [-0.39, 0.29) is 11.8 Å². The summed E-state index contributed by atoms with van der Waals surface area (Å²) in [6, 6.07) is 14.3. The van der Waals surface area contributed by atoms with Crippen LogP contribution in [0, 0.1) is 6.92 Å². The lowest BCUT2D eigenvalue weighted by molar-refractivity contribution is -0.132. The van der Waals surface area contributed by atoms with Crippen molar-refractivity contribution in [1.29, 1.82) is 0 Å². The Hall–Kier alpha value is -3.69. The number of nitrogens with zero attached hydrogens (tertiary/aromatic N) is 5. The number of aromatic nitrogens is 2. The van der Waals surface area contributed by atoms with Crippen LogP contribution >= 0.6 is 0 Å². The van der Waals surface area contributed by atoms with Crippen LogP contribution in [0.3, 0.4) is 0 Å². The Kier molecular flexibility index (Phi) is 8.58. The molecule has 2 fully saturated rings. The predicted molar refractivity (Wildman–Crippen MR) is 166 cm³/mol. The summed E-state index contributed by atoms with van der Waals surface area (Å²) >= 11 is 0. The number of hydrogen-bond donors (Lipinski definition) is 2. The quantitative estimate of drug-likeness (QED) is 0.422. The Bertz CT molecular complexity index is 1420. The molecule has 0 radical (unpaired) electrons. The molecule has 2 amide bonds. The summed E-state index contributed by atoms with van der Waals surface area (Å²) < 4.78 is 1.80. The largest absolute Gasteiger partial charge is 0.343 e. The number of likely N-dealkylation sites (tertiary alicyclic amines) is 2. The lowest BCUT2D eigenvalue weighted by atomic mass is 9.99. The van der Waals surface area contributed by atoms with Gasteiger partial charge in [-0.05, 0) is 87.5 Å². The molecule has 0 aliphatic carbocycles. The molecule has 0 atom stereocenters. The molecule has 2 saturated heterocycles. The van der Waals surface area contributed by atoms with E-state index in [1.54, 1.807) is 4.68 Å². The lowest BCUT2D eigenvalue weighted by Crippen LogP contribution is -2.46. The molecular formula is C33H43N7O2. The summed E-state index contributed by atoms with van der Waals surface area (Å²) in [6.07, 6.45) is 7.71. The Morgan fingerprint density at radius 2 is 1.83 bits per heavy atom. The van der Waals surface area contributed by atoms with Crippen LogP contribution in [-0.2, 0) is 24.8 Å². The first-order valence-electron chi connectivity index (χ1n) is 15.5. The fourth-order valence-corrected chi connectivity index (χ4v) is 6.57. The molecule has 9 heteroatoms. The highest BCUT2D eigenvalue weighted by Crippen LogP contribution is 2.36. The SMILES string of the molecule is Cc1cc(C(=O)N2Cc3cnn(C)c3Nc3ccccc32)ccc1CCC(=O)N1CCC(NCCN2CCCC2)CC1. The lowest BCUT2D eigenvalue weighted by Gasteiger charge is -2.33. The highest BCUT2D eigenvalue weighted by atomic mass is 16.2. The smallest absolute Gasteiger partial charge is 0.258 e. The van der Waals surface area contributed by atoms with Crippen molar-refractivity contribution in [2.75, 3.05) is 49.5 Å². The molecule has 0 spiro atoms. The number of nitrogens with one attached hydrogen (secondary N) is 2. The number of aryl methyl sites for hydroxylation is 3. The van der Waals surface area contributed by atoms with E-state index < -0.39 is 0 Å². The molecule has 42 heavy (non-hydrogen) atoms. The van der Waals surface area contributed by atoms with E-state index in [1.165, 1.54) is 25.9 Å². The number of amides is 2. The van der Waals surface area contributed by atoms with Crippen molar-refractivity contribution in [3.8, 4) is 0 Å². The fourth-order valence-electron chi connectivity index (χ4n) is 6.57. The molecule has 222 valence electrons. The number of para-hydroxylation sites is 2. The molecular weight excluding hydrogens is 526 g/mol. The topological polar surface area (TPSA) is 85.7 Å². The number of fused-ring (bicyclic) bond motifs is 2. The first kappa shape index (κ1) is 28.4. The normalized spacial score (nSPS) is 17.5. The first-order valence-corrected chi connectivity index (χ1v) is 15.5. The summed E-state index contributed by atoms with van der Waals surface area (Å²) in [7, 11) is 1.90. The molecule has 1 aromatic heterocycles. The van der Waals surface area contributed by atoms with Gasteiger partial charge in [-0.3, -0.25) is 14.3 Å². The monoisotopic (exact) mass is 569 g/mol. The molecule has 9 nitrogen and oxygen atoms in total. The zero-order valence-corrected chi connectivity index (χ0v) is 24.9. The Labute approximate surface area is 248 Å². The molecule has 0 bridgehead atoms. The van der Waals surface area contributed by atoms with Crippen molar-refractivity contribution in [3.05, 3.63) is 70.9 Å². The van der Waals surface area contributed by atoms with E-state index >= 15 is 0 Å². The minimum atomic E-state index is -0.0522. The zero-order chi connectivity index (χ0) is 29.1. The molecule has 3 aliphatic heterocycles. The van der Waals surface area contributed by atoms with Crippen LogP contribution in [0.1, 0.15) is 59.2 Å². The third-order valence-corrected chi connectivity index (χ3v) is 9.14. The van der Waals surface area contributed by atoms with Crippen molar-refractivity contribution in [1.82, 2.24) is 24.9 Å². The van der Waals surface area contributed by atoms with Crippen LogP contribution in [0.25, 0.3) is 0 Å². The fraction of sp³-hybridized carbons (Fsp3) is 0.485. The second-order valence-electron chi connectivity index (χ2n) is 12.0. The van der Waals surface area contributed by atoms with Gasteiger partial charge in [0, 0.05) is 56.8 Å². The minimum absolute atomic E-state index is 0.0522. The van der Waals surface area contributed by atoms with Gasteiger partial charge in [0.2, 0.25) is 5.91 Å². The predicted octanol–water partition coefficient (Wildman–Crippen LogP) is 4.24. The van der Waals surface area contributed by atoms with E-state index in [4.69, 9.17) is 0 Å². The molecule has 2 aromatic carbocycles. The molecule has 6 rings (SSSR count). The van der Waals surface area contributed by atoms with Gasteiger partial charge in [0.05, 0.1) is 24.1 Å². The molecule has 0 saturated carbocycles. The van der Waals surface area contributed by atoms with Gasteiger partial charge in [-0.15, -0.1) is 0 Å². The maximum absolute atomic E-state index is 13.8. The molecule has 2 N–H and O–H groups in total. The van der Waals surface area contributed by atoms with Crippen molar-refractivity contribution in [2.45, 2.75) is 58.0 Å². The average Bonchev–Trinajstić information content (AvgIpc) is 3.61. The highest BCUT2D eigenvalue weighted by molar-refractivity contribution is 6.08. The van der Waals surface area contributed by atoms with Crippen LogP contribution in [0.2, 0.25) is 0 Å². The van der Waals surface area contributed by atoms with Gasteiger partial charge in [-0.1, -0.05) is 18.2 Å². The number of hydrogen-bond acceptors (Lipinski definition) is 6. The van der Waals surface area contributed by atoms with Crippen LogP contribution in [0.15, 0.2) is 48.7 Å². The Balaban J connectivity index is 1.03. The number of piperidine rings is 1. The average molecular weight is 570 g/mol. The van der Waals surface area contributed by atoms with Crippen LogP contribution in [0.5, 0.6) is 0 Å². The summed E-state index contributed by atoms with van der Waals surface area (Å²) in [4.78, 5) is 33.3. The Morgan fingerprint density at radius 3 is 2.62 bits per heavy atom. The van der Waals surface area contributed by atoms with Crippen molar-refractivity contribution < 1.29 is 9.59 Å². The van der Waals surface area contributed by atoms with Crippen LogP contribution in [-0.4, -0.2) is 76.7 Å². The van der Waals surface area contributed by atoms with Gasteiger partial charge in [0.1, 0.15) is 5.82 Å². The van der Waals surface area contributed by atoms with E-state index in [0.717, 1.165) is 72.9 Å². The van der Waals surface area contributed by atoms with E-state index in [9.17, 15) is 9.59 Å². The van der Waals surface area contributed by atoms with E-state index in [2.05, 4.69) is 20.6 Å². The maximum atomic E-state index is 13.8. The summed E-state index contributed by atoms with van der Waals surface area (Å²) in [5.74, 6) is 1.07.